The van der Waals surface area contributed by atoms with Crippen LogP contribution in [0.15, 0.2) is 46.9 Å². The lowest BCUT2D eigenvalue weighted by molar-refractivity contribution is 0.0398. The third-order valence-corrected chi connectivity index (χ3v) is 9.10. The van der Waals surface area contributed by atoms with E-state index in [1.807, 2.05) is 30.8 Å². The molecular formula is C35H40FN5O5. The molecule has 0 unspecified atom stereocenters. The molecule has 2 aromatic carbocycles. The molecule has 3 aliphatic heterocycles. The number of hydrogen-bond acceptors (Lipinski definition) is 8. The van der Waals surface area contributed by atoms with E-state index >= 15 is 4.39 Å². The number of ether oxygens (including phenoxy) is 3. The number of rotatable bonds is 10. The number of morpholine rings is 1. The zero-order chi connectivity index (χ0) is 31.8. The number of unbranched alkanes of at least 4 members (excludes halogenated alkanes) is 1. The van der Waals surface area contributed by atoms with Crippen LogP contribution in [0.3, 0.4) is 0 Å². The van der Waals surface area contributed by atoms with Crippen molar-refractivity contribution in [2.75, 3.05) is 78.5 Å². The Labute approximate surface area is 267 Å². The van der Waals surface area contributed by atoms with Gasteiger partial charge in [0.2, 0.25) is 5.43 Å². The average molecular weight is 630 g/mol. The van der Waals surface area contributed by atoms with Gasteiger partial charge in [-0.05, 0) is 69.6 Å². The first-order valence-electron chi connectivity index (χ1n) is 16.2. The number of aromatic nitrogens is 1. The Morgan fingerprint density at radius 1 is 1.09 bits per heavy atom. The van der Waals surface area contributed by atoms with Gasteiger partial charge in [-0.2, -0.15) is 0 Å². The van der Waals surface area contributed by atoms with Crippen molar-refractivity contribution in [1.29, 1.82) is 0 Å². The van der Waals surface area contributed by atoms with Crippen LogP contribution in [0.1, 0.15) is 41.6 Å². The molecule has 46 heavy (non-hydrogen) atoms. The quantitative estimate of drug-likeness (QED) is 0.247. The highest BCUT2D eigenvalue weighted by atomic mass is 19.1. The fourth-order valence-corrected chi connectivity index (χ4v) is 6.65. The van der Waals surface area contributed by atoms with Crippen molar-refractivity contribution < 1.29 is 23.4 Å². The van der Waals surface area contributed by atoms with Gasteiger partial charge in [0.05, 0.1) is 24.3 Å². The molecule has 0 spiro atoms. The van der Waals surface area contributed by atoms with Gasteiger partial charge >= 0.3 is 0 Å². The van der Waals surface area contributed by atoms with E-state index in [1.165, 1.54) is 11.6 Å². The van der Waals surface area contributed by atoms with Gasteiger partial charge in [0.25, 0.3) is 5.91 Å². The zero-order valence-corrected chi connectivity index (χ0v) is 26.4. The summed E-state index contributed by atoms with van der Waals surface area (Å²) >= 11 is 0. The summed E-state index contributed by atoms with van der Waals surface area (Å²) in [6, 6.07) is 5.07. The van der Waals surface area contributed by atoms with Gasteiger partial charge in [0.1, 0.15) is 29.1 Å². The van der Waals surface area contributed by atoms with Crippen molar-refractivity contribution >= 4 is 28.1 Å². The Kier molecular flexibility index (Phi) is 8.54. The summed E-state index contributed by atoms with van der Waals surface area (Å²) in [7, 11) is 4.01. The van der Waals surface area contributed by atoms with Crippen LogP contribution in [-0.4, -0.2) is 93.5 Å². The van der Waals surface area contributed by atoms with E-state index in [0.29, 0.717) is 62.2 Å². The molecule has 0 atom stereocenters. The number of amides is 1. The Morgan fingerprint density at radius 3 is 2.76 bits per heavy atom. The Morgan fingerprint density at radius 2 is 1.93 bits per heavy atom. The highest BCUT2D eigenvalue weighted by Crippen LogP contribution is 2.49. The molecule has 4 aliphatic rings. The first-order valence-corrected chi connectivity index (χ1v) is 16.2. The lowest BCUT2D eigenvalue weighted by Gasteiger charge is -2.30. The Balaban J connectivity index is 1.30. The molecule has 0 saturated carbocycles. The predicted octanol–water partition coefficient (Wildman–Crippen LogP) is 4.55. The van der Waals surface area contributed by atoms with Crippen molar-refractivity contribution in [2.45, 2.75) is 25.7 Å². The summed E-state index contributed by atoms with van der Waals surface area (Å²) in [5, 5.41) is 6.23. The third kappa shape index (κ3) is 5.78. The maximum atomic E-state index is 15.9. The van der Waals surface area contributed by atoms with E-state index in [0.717, 1.165) is 56.5 Å². The van der Waals surface area contributed by atoms with Crippen molar-refractivity contribution in [3.05, 3.63) is 69.3 Å². The van der Waals surface area contributed by atoms with Gasteiger partial charge in [-0.1, -0.05) is 12.2 Å². The maximum absolute atomic E-state index is 15.9. The molecule has 7 rings (SSSR count). The van der Waals surface area contributed by atoms with E-state index in [2.05, 4.69) is 32.6 Å². The van der Waals surface area contributed by atoms with E-state index < -0.39 is 17.2 Å². The van der Waals surface area contributed by atoms with Gasteiger partial charge in [-0.15, -0.1) is 0 Å². The first kappa shape index (κ1) is 30.5. The summed E-state index contributed by atoms with van der Waals surface area (Å²) in [5.41, 5.74) is 4.01. The number of pyridine rings is 1. The van der Waals surface area contributed by atoms with Crippen molar-refractivity contribution in [3.63, 3.8) is 0 Å². The van der Waals surface area contributed by atoms with Gasteiger partial charge < -0.3 is 34.3 Å². The lowest BCUT2D eigenvalue weighted by Crippen LogP contribution is -2.39. The SMILES string of the molecule is CN(C)CCCCNC(=O)c1cn2c3c(c(NCCN4CCOCC4)c(F)cc3c1=O)Oc1cc3c(cc1-2)C1=C(C=CCC1)CO3. The number of carbonyl (C=O) groups excluding carboxylic acids is 1. The van der Waals surface area contributed by atoms with Crippen LogP contribution in [0.4, 0.5) is 10.1 Å². The minimum absolute atomic E-state index is 0.0409. The number of anilines is 1. The molecule has 1 amide bonds. The number of halogens is 1. The first-order chi connectivity index (χ1) is 22.4. The molecule has 11 heteroatoms. The lowest BCUT2D eigenvalue weighted by atomic mass is 9.89. The fraction of sp³-hybridized carbons (Fsp3) is 0.429. The smallest absolute Gasteiger partial charge is 0.256 e. The third-order valence-electron chi connectivity index (χ3n) is 9.10. The fourth-order valence-electron chi connectivity index (χ4n) is 6.65. The molecular weight excluding hydrogens is 589 g/mol. The van der Waals surface area contributed by atoms with Crippen LogP contribution < -0.4 is 25.5 Å². The molecule has 242 valence electrons. The van der Waals surface area contributed by atoms with E-state index in [1.54, 1.807) is 6.20 Å². The zero-order valence-electron chi connectivity index (χ0n) is 26.4. The van der Waals surface area contributed by atoms with E-state index in [4.69, 9.17) is 14.2 Å². The number of allylic oxidation sites excluding steroid dienone is 2. The van der Waals surface area contributed by atoms with Gasteiger partial charge in [-0.25, -0.2) is 4.39 Å². The van der Waals surface area contributed by atoms with Crippen LogP contribution in [0.2, 0.25) is 0 Å². The van der Waals surface area contributed by atoms with Crippen molar-refractivity contribution in [2.24, 2.45) is 0 Å². The molecule has 1 fully saturated rings. The second-order valence-electron chi connectivity index (χ2n) is 12.5. The van der Waals surface area contributed by atoms with Gasteiger partial charge in [0, 0.05) is 50.6 Å². The largest absolute Gasteiger partial charge is 0.488 e. The number of hydrogen-bond donors (Lipinski definition) is 2. The summed E-state index contributed by atoms with van der Waals surface area (Å²) in [4.78, 5) is 31.6. The molecule has 10 nitrogen and oxygen atoms in total. The minimum atomic E-state index is -0.615. The normalized spacial score (nSPS) is 16.9. The second-order valence-corrected chi connectivity index (χ2v) is 12.5. The Bertz CT molecular complexity index is 1810. The average Bonchev–Trinajstić information content (AvgIpc) is 3.06. The summed E-state index contributed by atoms with van der Waals surface area (Å²) in [6.07, 6.45) is 9.37. The summed E-state index contributed by atoms with van der Waals surface area (Å²) < 4.78 is 35.8. The number of nitrogens with zero attached hydrogens (tertiary/aromatic N) is 3. The van der Waals surface area contributed by atoms with E-state index in [9.17, 15) is 9.59 Å². The van der Waals surface area contributed by atoms with Gasteiger partial charge in [-0.3, -0.25) is 14.5 Å². The van der Waals surface area contributed by atoms with Crippen molar-refractivity contribution in [3.8, 4) is 22.9 Å². The molecule has 4 heterocycles. The molecule has 2 N–H and O–H groups in total. The molecule has 3 aromatic rings. The topological polar surface area (TPSA) is 97.3 Å². The van der Waals surface area contributed by atoms with Crippen LogP contribution in [0.5, 0.6) is 17.2 Å². The van der Waals surface area contributed by atoms with E-state index in [-0.39, 0.29) is 22.4 Å². The van der Waals surface area contributed by atoms with Crippen molar-refractivity contribution in [1.82, 2.24) is 19.7 Å². The Hall–Kier alpha value is -4.19. The number of benzene rings is 2. The minimum Gasteiger partial charge on any atom is -0.488 e. The van der Waals surface area contributed by atoms with Crippen LogP contribution >= 0.6 is 0 Å². The van der Waals surface area contributed by atoms with Crippen LogP contribution in [-0.2, 0) is 4.74 Å². The molecule has 1 aliphatic carbocycles. The number of carbonyl (C=O) groups is 1. The standard InChI is InChI=1S/C35H40FN5O5/c1-39(2)11-6-5-9-38-35(43)26-20-41-28-18-24-23-8-4-3-7-22(23)21-45-29(24)19-30(28)46-34-31(27(36)17-25(32(34)41)33(26)42)37-10-12-40-13-15-44-16-14-40/h3,7,17-20,37H,4-6,8-16,21H2,1-2H3,(H,38,43). The summed E-state index contributed by atoms with van der Waals surface area (Å²) in [5.74, 6) is 0.280. The predicted molar refractivity (Wildman–Crippen MR) is 176 cm³/mol. The maximum Gasteiger partial charge on any atom is 0.256 e. The highest BCUT2D eigenvalue weighted by Gasteiger charge is 2.31. The molecule has 0 radical (unpaired) electrons. The number of nitrogens with one attached hydrogen (secondary N) is 2. The molecule has 1 aromatic heterocycles. The molecule has 0 bridgehead atoms. The monoisotopic (exact) mass is 629 g/mol. The second kappa shape index (κ2) is 12.9. The summed E-state index contributed by atoms with van der Waals surface area (Å²) in [6.45, 7) is 5.97. The number of fused-ring (bicyclic) bond motifs is 4. The van der Waals surface area contributed by atoms with Gasteiger partial charge in [0.15, 0.2) is 17.3 Å². The molecule has 1 saturated heterocycles. The van der Waals surface area contributed by atoms with Crippen LogP contribution in [0, 0.1) is 5.82 Å². The highest BCUT2D eigenvalue weighted by molar-refractivity contribution is 6.01. The van der Waals surface area contributed by atoms with Crippen LogP contribution in [0.25, 0.3) is 22.2 Å².